The summed E-state index contributed by atoms with van der Waals surface area (Å²) in [5, 5.41) is 0. The van der Waals surface area contributed by atoms with Crippen LogP contribution in [0.25, 0.3) is 0 Å². The Balaban J connectivity index is 3.14. The Hall–Kier alpha value is -1.12. The van der Waals surface area contributed by atoms with Crippen molar-refractivity contribution in [1.29, 1.82) is 0 Å². The second-order valence-electron chi connectivity index (χ2n) is 4.25. The topological polar surface area (TPSA) is 43.4 Å². The van der Waals surface area contributed by atoms with Gasteiger partial charge in [-0.05, 0) is 32.3 Å². The summed E-state index contributed by atoms with van der Waals surface area (Å²) >= 11 is 0. The summed E-state index contributed by atoms with van der Waals surface area (Å²) in [4.78, 5) is 21.4. The standard InChI is InChI=1S/C14H24O3/c1-13(15)11-9-7-5-3-4-6-8-10-12-14(16)17-2/h9,11H,3-8,10,12H2,1-2H3/b11-9-. The molecule has 0 bridgehead atoms. The number of allylic oxidation sites excluding steroid dienone is 2. The fourth-order valence-corrected chi connectivity index (χ4v) is 1.59. The van der Waals surface area contributed by atoms with E-state index in [1.165, 1.54) is 26.4 Å². The lowest BCUT2D eigenvalue weighted by atomic mass is 10.1. The molecule has 0 aromatic heterocycles. The smallest absolute Gasteiger partial charge is 0.305 e. The molecule has 0 rings (SSSR count). The lowest BCUT2D eigenvalue weighted by Crippen LogP contribution is -1.99. The average Bonchev–Trinajstić information content (AvgIpc) is 2.30. The molecule has 0 aromatic carbocycles. The van der Waals surface area contributed by atoms with Gasteiger partial charge >= 0.3 is 5.97 Å². The molecule has 0 saturated heterocycles. The third-order valence-electron chi connectivity index (χ3n) is 2.58. The molecule has 0 spiro atoms. The van der Waals surface area contributed by atoms with Gasteiger partial charge in [0.05, 0.1) is 7.11 Å². The van der Waals surface area contributed by atoms with E-state index in [2.05, 4.69) is 4.74 Å². The molecule has 3 heteroatoms. The molecular formula is C14H24O3. The van der Waals surface area contributed by atoms with Crippen LogP contribution in [0.15, 0.2) is 12.2 Å². The zero-order valence-electron chi connectivity index (χ0n) is 11.0. The van der Waals surface area contributed by atoms with Crippen LogP contribution in [-0.2, 0) is 14.3 Å². The van der Waals surface area contributed by atoms with Crippen molar-refractivity contribution < 1.29 is 14.3 Å². The molecule has 0 heterocycles. The van der Waals surface area contributed by atoms with E-state index in [1.807, 2.05) is 6.08 Å². The first-order chi connectivity index (χ1) is 8.16. The first kappa shape index (κ1) is 15.9. The van der Waals surface area contributed by atoms with Gasteiger partial charge in [-0.1, -0.05) is 31.8 Å². The minimum atomic E-state index is -0.112. The van der Waals surface area contributed by atoms with E-state index in [9.17, 15) is 9.59 Å². The molecule has 0 radical (unpaired) electrons. The predicted molar refractivity (Wildman–Crippen MR) is 68.8 cm³/mol. The molecule has 0 aromatic rings. The van der Waals surface area contributed by atoms with Gasteiger partial charge in [-0.15, -0.1) is 0 Å². The number of ether oxygens (including phenoxy) is 1. The highest BCUT2D eigenvalue weighted by Crippen LogP contribution is 2.09. The normalized spacial score (nSPS) is 10.7. The van der Waals surface area contributed by atoms with Gasteiger partial charge in [0.1, 0.15) is 0 Å². The van der Waals surface area contributed by atoms with Crippen molar-refractivity contribution in [3.63, 3.8) is 0 Å². The molecule has 0 aliphatic carbocycles. The molecule has 0 amide bonds. The number of hydrogen-bond donors (Lipinski definition) is 0. The number of methoxy groups -OCH3 is 1. The molecule has 98 valence electrons. The highest BCUT2D eigenvalue weighted by molar-refractivity contribution is 5.87. The second-order valence-corrected chi connectivity index (χ2v) is 4.25. The number of unbranched alkanes of at least 4 members (excludes halogenated alkanes) is 6. The fourth-order valence-electron chi connectivity index (χ4n) is 1.59. The number of carbonyl (C=O) groups is 2. The quantitative estimate of drug-likeness (QED) is 0.334. The summed E-state index contributed by atoms with van der Waals surface area (Å²) in [6, 6.07) is 0. The van der Waals surface area contributed by atoms with Crippen molar-refractivity contribution in [2.45, 2.75) is 58.3 Å². The minimum Gasteiger partial charge on any atom is -0.469 e. The lowest BCUT2D eigenvalue weighted by Gasteiger charge is -2.00. The van der Waals surface area contributed by atoms with Crippen LogP contribution in [0.1, 0.15) is 58.3 Å². The van der Waals surface area contributed by atoms with Crippen LogP contribution in [0.4, 0.5) is 0 Å². The van der Waals surface area contributed by atoms with Crippen molar-refractivity contribution in [3.05, 3.63) is 12.2 Å². The van der Waals surface area contributed by atoms with Crippen LogP contribution in [0.2, 0.25) is 0 Å². The van der Waals surface area contributed by atoms with Crippen molar-refractivity contribution in [2.75, 3.05) is 7.11 Å². The minimum absolute atomic E-state index is 0.112. The van der Waals surface area contributed by atoms with E-state index in [1.54, 1.807) is 13.0 Å². The number of esters is 1. The summed E-state index contributed by atoms with van der Waals surface area (Å²) in [7, 11) is 1.43. The number of hydrogen-bond acceptors (Lipinski definition) is 3. The van der Waals surface area contributed by atoms with Crippen molar-refractivity contribution in [2.24, 2.45) is 0 Å². The first-order valence-corrected chi connectivity index (χ1v) is 6.40. The van der Waals surface area contributed by atoms with Crippen molar-refractivity contribution in [1.82, 2.24) is 0 Å². The molecule has 0 unspecified atom stereocenters. The van der Waals surface area contributed by atoms with Crippen LogP contribution in [0.5, 0.6) is 0 Å². The van der Waals surface area contributed by atoms with E-state index in [0.717, 1.165) is 25.7 Å². The number of rotatable bonds is 10. The zero-order valence-corrected chi connectivity index (χ0v) is 11.0. The van der Waals surface area contributed by atoms with Crippen molar-refractivity contribution >= 4 is 11.8 Å². The molecule has 17 heavy (non-hydrogen) atoms. The molecule has 0 aliphatic rings. The zero-order chi connectivity index (χ0) is 12.9. The number of carbonyl (C=O) groups excluding carboxylic acids is 2. The maximum absolute atomic E-state index is 10.8. The maximum atomic E-state index is 10.8. The third-order valence-corrected chi connectivity index (χ3v) is 2.58. The van der Waals surface area contributed by atoms with E-state index >= 15 is 0 Å². The summed E-state index contributed by atoms with van der Waals surface area (Å²) in [6.07, 6.45) is 11.8. The highest BCUT2D eigenvalue weighted by Gasteiger charge is 1.98. The summed E-state index contributed by atoms with van der Waals surface area (Å²) in [5.41, 5.74) is 0. The molecule has 3 nitrogen and oxygen atoms in total. The Bertz CT molecular complexity index is 244. The van der Waals surface area contributed by atoms with Gasteiger partial charge in [0.25, 0.3) is 0 Å². The summed E-state index contributed by atoms with van der Waals surface area (Å²) < 4.78 is 4.57. The SMILES string of the molecule is COC(=O)CCCCCCCC/C=C\C(C)=O. The van der Waals surface area contributed by atoms with Gasteiger partial charge in [-0.25, -0.2) is 0 Å². The monoisotopic (exact) mass is 240 g/mol. The molecule has 0 aliphatic heterocycles. The van der Waals surface area contributed by atoms with Crippen LogP contribution in [0, 0.1) is 0 Å². The molecule has 0 saturated carbocycles. The van der Waals surface area contributed by atoms with Gasteiger partial charge in [-0.3, -0.25) is 9.59 Å². The summed E-state index contributed by atoms with van der Waals surface area (Å²) in [6.45, 7) is 1.57. The lowest BCUT2D eigenvalue weighted by molar-refractivity contribution is -0.140. The van der Waals surface area contributed by atoms with Gasteiger partial charge in [-0.2, -0.15) is 0 Å². The molecular weight excluding hydrogens is 216 g/mol. The fraction of sp³-hybridized carbons (Fsp3) is 0.714. The molecule has 0 atom stereocenters. The Morgan fingerprint density at radius 2 is 1.59 bits per heavy atom. The van der Waals surface area contributed by atoms with E-state index in [-0.39, 0.29) is 11.8 Å². The number of ketones is 1. The Kier molecular flexibility index (Phi) is 10.6. The Morgan fingerprint density at radius 3 is 2.18 bits per heavy atom. The van der Waals surface area contributed by atoms with Crippen LogP contribution < -0.4 is 0 Å². The van der Waals surface area contributed by atoms with Gasteiger partial charge < -0.3 is 4.74 Å². The maximum Gasteiger partial charge on any atom is 0.305 e. The first-order valence-electron chi connectivity index (χ1n) is 6.40. The van der Waals surface area contributed by atoms with E-state index < -0.39 is 0 Å². The van der Waals surface area contributed by atoms with Gasteiger partial charge in [0, 0.05) is 6.42 Å². The van der Waals surface area contributed by atoms with Crippen molar-refractivity contribution in [3.8, 4) is 0 Å². The molecule has 0 N–H and O–H groups in total. The van der Waals surface area contributed by atoms with E-state index in [0.29, 0.717) is 6.42 Å². The molecule has 0 fully saturated rings. The third kappa shape index (κ3) is 12.8. The average molecular weight is 240 g/mol. The predicted octanol–water partition coefficient (Wildman–Crippen LogP) is 3.43. The highest BCUT2D eigenvalue weighted by atomic mass is 16.5. The van der Waals surface area contributed by atoms with E-state index in [4.69, 9.17) is 0 Å². The van der Waals surface area contributed by atoms with Crippen LogP contribution >= 0.6 is 0 Å². The Morgan fingerprint density at radius 1 is 1.00 bits per heavy atom. The van der Waals surface area contributed by atoms with Crippen LogP contribution in [0.3, 0.4) is 0 Å². The largest absolute Gasteiger partial charge is 0.469 e. The summed E-state index contributed by atoms with van der Waals surface area (Å²) in [5.74, 6) is 0.00665. The second kappa shape index (κ2) is 11.4. The van der Waals surface area contributed by atoms with Gasteiger partial charge in [0.2, 0.25) is 0 Å². The van der Waals surface area contributed by atoms with Crippen LogP contribution in [-0.4, -0.2) is 18.9 Å². The Labute approximate surface area is 104 Å². The van der Waals surface area contributed by atoms with Gasteiger partial charge in [0.15, 0.2) is 5.78 Å².